The van der Waals surface area contributed by atoms with Crippen LogP contribution in [-0.2, 0) is 9.53 Å². The topological polar surface area (TPSA) is 26.3 Å². The average Bonchev–Trinajstić information content (AvgIpc) is 2.02. The Morgan fingerprint density at radius 3 is 2.36 bits per heavy atom. The lowest BCUT2D eigenvalue weighted by Crippen LogP contribution is -2.21. The molecule has 0 N–H and O–H groups in total. The van der Waals surface area contributed by atoms with Gasteiger partial charge in [-0.05, 0) is 53.0 Å². The van der Waals surface area contributed by atoms with Gasteiger partial charge in [0.2, 0.25) is 0 Å². The normalized spacial score (nSPS) is 13.1. The third kappa shape index (κ3) is 6.84. The van der Waals surface area contributed by atoms with Crippen molar-refractivity contribution in [1.82, 2.24) is 0 Å². The Hall–Kier alpha value is -0.630. The summed E-state index contributed by atoms with van der Waals surface area (Å²) in [4.78, 5) is 10.8. The maximum Gasteiger partial charge on any atom is 0.152 e. The zero-order valence-electron chi connectivity index (χ0n) is 10.0. The van der Waals surface area contributed by atoms with E-state index >= 15 is 0 Å². The van der Waals surface area contributed by atoms with Gasteiger partial charge in [-0.2, -0.15) is 0 Å². The van der Waals surface area contributed by atoms with Crippen LogP contribution in [0.1, 0.15) is 47.0 Å². The van der Waals surface area contributed by atoms with Gasteiger partial charge in [-0.1, -0.05) is 5.57 Å². The first-order valence-electron chi connectivity index (χ1n) is 5.10. The van der Waals surface area contributed by atoms with Gasteiger partial charge in [-0.15, -0.1) is 0 Å². The number of hydrogen-bond donors (Lipinski definition) is 0. The lowest BCUT2D eigenvalue weighted by molar-refractivity contribution is -0.112. The van der Waals surface area contributed by atoms with Gasteiger partial charge in [0.1, 0.15) is 0 Å². The van der Waals surface area contributed by atoms with E-state index in [0.717, 1.165) is 24.8 Å². The highest BCUT2D eigenvalue weighted by Crippen LogP contribution is 2.18. The second-order valence-corrected chi connectivity index (χ2v) is 4.42. The van der Waals surface area contributed by atoms with Crippen LogP contribution >= 0.6 is 0 Å². The van der Waals surface area contributed by atoms with Gasteiger partial charge >= 0.3 is 0 Å². The highest BCUT2D eigenvalue weighted by atomic mass is 16.5. The summed E-state index contributed by atoms with van der Waals surface area (Å²) >= 11 is 0. The quantitative estimate of drug-likeness (QED) is 0.613. The summed E-state index contributed by atoms with van der Waals surface area (Å²) in [5.74, 6) is 0.133. The Labute approximate surface area is 87.3 Å². The Morgan fingerprint density at radius 1 is 1.36 bits per heavy atom. The fourth-order valence-corrected chi connectivity index (χ4v) is 1.31. The first-order valence-corrected chi connectivity index (χ1v) is 5.10. The first-order chi connectivity index (χ1) is 6.37. The molecule has 2 heteroatoms. The van der Waals surface area contributed by atoms with Gasteiger partial charge in [0.15, 0.2) is 5.78 Å². The third-order valence-electron chi connectivity index (χ3n) is 2.35. The molecule has 0 aromatic heterocycles. The second kappa shape index (κ2) is 5.97. The largest absolute Gasteiger partial charge is 0.379 e. The van der Waals surface area contributed by atoms with E-state index in [4.69, 9.17) is 4.74 Å². The van der Waals surface area contributed by atoms with E-state index in [9.17, 15) is 4.79 Å². The summed E-state index contributed by atoms with van der Waals surface area (Å²) in [6, 6.07) is 0. The lowest BCUT2D eigenvalue weighted by Gasteiger charge is -2.22. The predicted molar refractivity (Wildman–Crippen MR) is 59.4 cm³/mol. The van der Waals surface area contributed by atoms with Crippen LogP contribution in [0.25, 0.3) is 0 Å². The molecule has 0 atom stereocenters. The van der Waals surface area contributed by atoms with Crippen molar-refractivity contribution in [3.8, 4) is 0 Å². The van der Waals surface area contributed by atoms with Crippen molar-refractivity contribution in [3.63, 3.8) is 0 Å². The van der Waals surface area contributed by atoms with E-state index in [-0.39, 0.29) is 11.4 Å². The number of rotatable bonds is 6. The fraction of sp³-hybridized carbons (Fsp3) is 0.750. The molecular weight excluding hydrogens is 176 g/mol. The number of allylic oxidation sites excluding steroid dienone is 2. The molecule has 0 radical (unpaired) electrons. The fourth-order valence-electron chi connectivity index (χ4n) is 1.31. The van der Waals surface area contributed by atoms with Crippen molar-refractivity contribution in [2.24, 2.45) is 0 Å². The van der Waals surface area contributed by atoms with Gasteiger partial charge < -0.3 is 4.74 Å². The minimum absolute atomic E-state index is 0.0451. The summed E-state index contributed by atoms with van der Waals surface area (Å²) in [6.07, 6.45) is 4.77. The summed E-state index contributed by atoms with van der Waals surface area (Å²) in [5.41, 5.74) is 1.11. The zero-order valence-corrected chi connectivity index (χ0v) is 10.0. The molecular formula is C12H22O2. The second-order valence-electron chi connectivity index (χ2n) is 4.42. The van der Waals surface area contributed by atoms with Crippen molar-refractivity contribution in [2.45, 2.75) is 52.6 Å². The Morgan fingerprint density at radius 2 is 1.93 bits per heavy atom. The average molecular weight is 198 g/mol. The van der Waals surface area contributed by atoms with Crippen LogP contribution in [0.5, 0.6) is 0 Å². The maximum atomic E-state index is 10.8. The number of carbonyl (C=O) groups is 1. The monoisotopic (exact) mass is 198 g/mol. The molecule has 0 rings (SSSR count). The van der Waals surface area contributed by atoms with Crippen LogP contribution in [0.3, 0.4) is 0 Å². The number of carbonyl (C=O) groups excluding carboxylic acids is 1. The molecule has 0 fully saturated rings. The minimum Gasteiger partial charge on any atom is -0.379 e. The Balaban J connectivity index is 3.80. The van der Waals surface area contributed by atoms with Crippen molar-refractivity contribution in [3.05, 3.63) is 11.6 Å². The Kier molecular flexibility index (Phi) is 5.70. The molecule has 0 aliphatic carbocycles. The van der Waals surface area contributed by atoms with Crippen molar-refractivity contribution >= 4 is 5.78 Å². The molecule has 0 heterocycles. The summed E-state index contributed by atoms with van der Waals surface area (Å²) in [7, 11) is 1.73. The molecule has 0 aromatic carbocycles. The van der Waals surface area contributed by atoms with Gasteiger partial charge in [0.25, 0.3) is 0 Å². The maximum absolute atomic E-state index is 10.8. The van der Waals surface area contributed by atoms with Gasteiger partial charge in [-0.3, -0.25) is 4.79 Å². The molecule has 2 nitrogen and oxygen atoms in total. The minimum atomic E-state index is -0.0451. The van der Waals surface area contributed by atoms with Crippen LogP contribution in [0.2, 0.25) is 0 Å². The molecule has 0 amide bonds. The molecule has 0 saturated heterocycles. The van der Waals surface area contributed by atoms with E-state index in [1.807, 2.05) is 6.92 Å². The van der Waals surface area contributed by atoms with Crippen LogP contribution in [0.15, 0.2) is 11.6 Å². The molecule has 0 aromatic rings. The molecule has 14 heavy (non-hydrogen) atoms. The molecule has 0 saturated carbocycles. The zero-order chi connectivity index (χ0) is 11.2. The van der Waals surface area contributed by atoms with Gasteiger partial charge in [0.05, 0.1) is 5.60 Å². The van der Waals surface area contributed by atoms with Crippen LogP contribution in [0.4, 0.5) is 0 Å². The van der Waals surface area contributed by atoms with Crippen LogP contribution in [-0.4, -0.2) is 18.5 Å². The lowest BCUT2D eigenvalue weighted by atomic mass is 9.99. The van der Waals surface area contributed by atoms with Crippen LogP contribution in [0, 0.1) is 0 Å². The molecule has 82 valence electrons. The van der Waals surface area contributed by atoms with Gasteiger partial charge in [-0.25, -0.2) is 0 Å². The summed E-state index contributed by atoms with van der Waals surface area (Å²) < 4.78 is 5.31. The van der Waals surface area contributed by atoms with Gasteiger partial charge in [0, 0.05) is 7.11 Å². The van der Waals surface area contributed by atoms with E-state index in [1.54, 1.807) is 20.1 Å². The van der Waals surface area contributed by atoms with Crippen molar-refractivity contribution < 1.29 is 9.53 Å². The van der Waals surface area contributed by atoms with Crippen molar-refractivity contribution in [1.29, 1.82) is 0 Å². The van der Waals surface area contributed by atoms with E-state index in [0.29, 0.717) is 0 Å². The molecule has 0 aliphatic heterocycles. The van der Waals surface area contributed by atoms with Crippen molar-refractivity contribution in [2.75, 3.05) is 7.11 Å². The van der Waals surface area contributed by atoms with Crippen LogP contribution < -0.4 is 0 Å². The highest BCUT2D eigenvalue weighted by molar-refractivity contribution is 5.87. The SMILES string of the molecule is COC(C)(C)CCC/C(C)=C\C(C)=O. The standard InChI is InChI=1S/C12H22O2/c1-10(9-11(2)13)7-6-8-12(3,4)14-5/h9H,6-8H2,1-5H3/b10-9-. The summed E-state index contributed by atoms with van der Waals surface area (Å²) in [6.45, 7) is 7.75. The smallest absolute Gasteiger partial charge is 0.152 e. The number of methoxy groups -OCH3 is 1. The molecule has 0 bridgehead atoms. The summed E-state index contributed by atoms with van der Waals surface area (Å²) in [5, 5.41) is 0. The number of hydrogen-bond acceptors (Lipinski definition) is 2. The highest BCUT2D eigenvalue weighted by Gasteiger charge is 2.14. The van der Waals surface area contributed by atoms with E-state index in [1.165, 1.54) is 0 Å². The molecule has 0 unspecified atom stereocenters. The number of ether oxygens (including phenoxy) is 1. The van der Waals surface area contributed by atoms with E-state index < -0.39 is 0 Å². The number of ketones is 1. The molecule has 0 aliphatic rings. The molecule has 0 spiro atoms. The van der Waals surface area contributed by atoms with E-state index in [2.05, 4.69) is 13.8 Å². The third-order valence-corrected chi connectivity index (χ3v) is 2.35. The Bertz CT molecular complexity index is 214. The predicted octanol–water partition coefficient (Wildman–Crippen LogP) is 3.12. The first kappa shape index (κ1) is 13.4.